The van der Waals surface area contributed by atoms with E-state index in [0.29, 0.717) is 28.2 Å². The molecule has 0 fully saturated rings. The zero-order chi connectivity index (χ0) is 17.6. The Balaban J connectivity index is 1.55. The molecule has 0 aliphatic carbocycles. The standard InChI is InChI=1S/C15H15N5O3S2/c1-2-20-13(10-5-3-7-23-10)17-19-15(20)25-9-12(21)16-18-14(22)11-6-4-8-24-11/h3-8H,2,9H2,1H3,(H,16,21)(H,18,22). The Morgan fingerprint density at radius 1 is 1.28 bits per heavy atom. The number of rotatable bonds is 6. The minimum atomic E-state index is -0.342. The first-order chi connectivity index (χ1) is 12.2. The van der Waals surface area contributed by atoms with Gasteiger partial charge in [0, 0.05) is 6.54 Å². The summed E-state index contributed by atoms with van der Waals surface area (Å²) in [7, 11) is 0. The Hall–Kier alpha value is -2.59. The van der Waals surface area contributed by atoms with Crippen molar-refractivity contribution in [2.24, 2.45) is 0 Å². The van der Waals surface area contributed by atoms with Gasteiger partial charge in [0.25, 0.3) is 5.91 Å². The molecule has 3 aromatic heterocycles. The van der Waals surface area contributed by atoms with E-state index in [9.17, 15) is 9.59 Å². The van der Waals surface area contributed by atoms with Crippen LogP contribution in [0.3, 0.4) is 0 Å². The molecule has 3 aromatic rings. The smallest absolute Gasteiger partial charge is 0.279 e. The predicted molar refractivity (Wildman–Crippen MR) is 94.0 cm³/mol. The number of hydrazine groups is 1. The van der Waals surface area contributed by atoms with Crippen molar-refractivity contribution in [3.63, 3.8) is 0 Å². The van der Waals surface area contributed by atoms with Gasteiger partial charge >= 0.3 is 0 Å². The first kappa shape index (κ1) is 17.2. The number of carbonyl (C=O) groups is 2. The Morgan fingerprint density at radius 3 is 2.84 bits per heavy atom. The van der Waals surface area contributed by atoms with Gasteiger partial charge in [-0.25, -0.2) is 0 Å². The molecule has 3 rings (SSSR count). The molecule has 0 spiro atoms. The zero-order valence-electron chi connectivity index (χ0n) is 13.3. The summed E-state index contributed by atoms with van der Waals surface area (Å²) >= 11 is 2.53. The number of furan rings is 1. The van der Waals surface area contributed by atoms with Crippen LogP contribution in [-0.4, -0.2) is 32.3 Å². The molecule has 0 saturated carbocycles. The quantitative estimate of drug-likeness (QED) is 0.504. The highest BCUT2D eigenvalue weighted by atomic mass is 32.2. The molecule has 0 bridgehead atoms. The van der Waals surface area contributed by atoms with E-state index >= 15 is 0 Å². The van der Waals surface area contributed by atoms with Gasteiger partial charge in [0.2, 0.25) is 5.91 Å². The fourth-order valence-corrected chi connectivity index (χ4v) is 3.45. The molecule has 0 radical (unpaired) electrons. The van der Waals surface area contributed by atoms with E-state index in [1.54, 1.807) is 35.9 Å². The number of amides is 2. The maximum atomic E-state index is 11.9. The number of hydrogen-bond donors (Lipinski definition) is 2. The Labute approximate surface area is 151 Å². The van der Waals surface area contributed by atoms with Gasteiger partial charge in [-0.3, -0.25) is 25.0 Å². The van der Waals surface area contributed by atoms with E-state index in [0.717, 1.165) is 0 Å². The second-order valence-corrected chi connectivity index (χ2v) is 6.69. The molecule has 0 saturated heterocycles. The van der Waals surface area contributed by atoms with Crippen LogP contribution in [0, 0.1) is 0 Å². The second kappa shape index (κ2) is 7.99. The predicted octanol–water partition coefficient (Wildman–Crippen LogP) is 2.17. The summed E-state index contributed by atoms with van der Waals surface area (Å²) in [4.78, 5) is 24.2. The highest BCUT2D eigenvalue weighted by Gasteiger charge is 2.16. The fourth-order valence-electron chi connectivity index (χ4n) is 2.03. The van der Waals surface area contributed by atoms with E-state index in [1.807, 2.05) is 11.5 Å². The summed E-state index contributed by atoms with van der Waals surface area (Å²) in [5, 5.41) is 10.6. The normalized spacial score (nSPS) is 10.6. The number of aromatic nitrogens is 3. The summed E-state index contributed by atoms with van der Waals surface area (Å²) in [6.45, 7) is 2.60. The van der Waals surface area contributed by atoms with Crippen LogP contribution in [0.2, 0.25) is 0 Å². The van der Waals surface area contributed by atoms with Gasteiger partial charge in [0.05, 0.1) is 16.9 Å². The van der Waals surface area contributed by atoms with Gasteiger partial charge in [0.1, 0.15) is 0 Å². The van der Waals surface area contributed by atoms with Crippen molar-refractivity contribution in [1.82, 2.24) is 25.6 Å². The lowest BCUT2D eigenvalue weighted by atomic mass is 10.4. The minimum Gasteiger partial charge on any atom is -0.461 e. The number of nitrogens with one attached hydrogen (secondary N) is 2. The van der Waals surface area contributed by atoms with E-state index in [2.05, 4.69) is 21.0 Å². The fraction of sp³-hybridized carbons (Fsp3) is 0.200. The highest BCUT2D eigenvalue weighted by molar-refractivity contribution is 7.99. The van der Waals surface area contributed by atoms with E-state index in [4.69, 9.17) is 4.42 Å². The molecular weight excluding hydrogens is 362 g/mol. The summed E-state index contributed by atoms with van der Waals surface area (Å²) in [5.74, 6) is 0.654. The van der Waals surface area contributed by atoms with Crippen LogP contribution in [0.4, 0.5) is 0 Å². The summed E-state index contributed by atoms with van der Waals surface area (Å²) in [6.07, 6.45) is 1.57. The number of thiophene rings is 1. The monoisotopic (exact) mass is 377 g/mol. The first-order valence-electron chi connectivity index (χ1n) is 7.41. The SMILES string of the molecule is CCn1c(SCC(=O)NNC(=O)c2cccs2)nnc1-c1ccco1. The molecule has 2 amide bonds. The molecule has 130 valence electrons. The van der Waals surface area contributed by atoms with Gasteiger partial charge in [-0.05, 0) is 30.5 Å². The Kier molecular flexibility index (Phi) is 5.51. The maximum Gasteiger partial charge on any atom is 0.279 e. The number of carbonyl (C=O) groups excluding carboxylic acids is 2. The largest absolute Gasteiger partial charge is 0.461 e. The lowest BCUT2D eigenvalue weighted by Crippen LogP contribution is -2.42. The molecular formula is C15H15N5O3S2. The molecule has 3 heterocycles. The van der Waals surface area contributed by atoms with Crippen LogP contribution < -0.4 is 10.9 Å². The summed E-state index contributed by atoms with van der Waals surface area (Å²) in [6, 6.07) is 7.03. The summed E-state index contributed by atoms with van der Waals surface area (Å²) < 4.78 is 7.20. The molecule has 8 nitrogen and oxygen atoms in total. The molecule has 10 heteroatoms. The molecule has 0 aliphatic heterocycles. The lowest BCUT2D eigenvalue weighted by molar-refractivity contribution is -0.119. The topological polar surface area (TPSA) is 102 Å². The van der Waals surface area contributed by atoms with E-state index < -0.39 is 0 Å². The highest BCUT2D eigenvalue weighted by Crippen LogP contribution is 2.23. The van der Waals surface area contributed by atoms with Gasteiger partial charge < -0.3 is 4.42 Å². The van der Waals surface area contributed by atoms with Gasteiger partial charge in [-0.1, -0.05) is 17.8 Å². The van der Waals surface area contributed by atoms with Crippen LogP contribution in [0.5, 0.6) is 0 Å². The van der Waals surface area contributed by atoms with Crippen molar-refractivity contribution in [1.29, 1.82) is 0 Å². The van der Waals surface area contributed by atoms with Gasteiger partial charge in [-0.2, -0.15) is 0 Å². The van der Waals surface area contributed by atoms with Crippen molar-refractivity contribution in [2.75, 3.05) is 5.75 Å². The molecule has 0 atom stereocenters. The Morgan fingerprint density at radius 2 is 2.16 bits per heavy atom. The second-order valence-electron chi connectivity index (χ2n) is 4.80. The van der Waals surface area contributed by atoms with Crippen LogP contribution in [-0.2, 0) is 11.3 Å². The molecule has 2 N–H and O–H groups in total. The van der Waals surface area contributed by atoms with Crippen molar-refractivity contribution < 1.29 is 14.0 Å². The third-order valence-corrected chi connectivity index (χ3v) is 5.00. The third kappa shape index (κ3) is 4.09. The lowest BCUT2D eigenvalue weighted by Gasteiger charge is -2.07. The van der Waals surface area contributed by atoms with Crippen molar-refractivity contribution >= 4 is 34.9 Å². The van der Waals surface area contributed by atoms with Crippen LogP contribution in [0.1, 0.15) is 16.6 Å². The summed E-state index contributed by atoms with van der Waals surface area (Å²) in [5.41, 5.74) is 4.76. The van der Waals surface area contributed by atoms with Crippen molar-refractivity contribution in [3.05, 3.63) is 40.8 Å². The maximum absolute atomic E-state index is 11.9. The van der Waals surface area contributed by atoms with Crippen molar-refractivity contribution in [2.45, 2.75) is 18.6 Å². The number of nitrogens with zero attached hydrogens (tertiary/aromatic N) is 3. The van der Waals surface area contributed by atoms with Gasteiger partial charge in [-0.15, -0.1) is 21.5 Å². The van der Waals surface area contributed by atoms with Crippen LogP contribution >= 0.6 is 23.1 Å². The number of thioether (sulfide) groups is 1. The average molecular weight is 377 g/mol. The number of hydrogen-bond acceptors (Lipinski definition) is 7. The van der Waals surface area contributed by atoms with Crippen molar-refractivity contribution in [3.8, 4) is 11.6 Å². The van der Waals surface area contributed by atoms with Crippen LogP contribution in [0.15, 0.2) is 45.5 Å². The third-order valence-electron chi connectivity index (χ3n) is 3.17. The molecule has 0 unspecified atom stereocenters. The molecule has 25 heavy (non-hydrogen) atoms. The van der Waals surface area contributed by atoms with E-state index in [1.165, 1.54) is 23.1 Å². The average Bonchev–Trinajstić information content (AvgIpc) is 3.38. The van der Waals surface area contributed by atoms with Gasteiger partial charge in [0.15, 0.2) is 16.7 Å². The first-order valence-corrected chi connectivity index (χ1v) is 9.28. The minimum absolute atomic E-state index is 0.0982. The van der Waals surface area contributed by atoms with Crippen LogP contribution in [0.25, 0.3) is 11.6 Å². The van der Waals surface area contributed by atoms with E-state index in [-0.39, 0.29) is 17.6 Å². The molecule has 0 aromatic carbocycles. The zero-order valence-corrected chi connectivity index (χ0v) is 14.9. The molecule has 0 aliphatic rings. The Bertz CT molecular complexity index is 843.